The normalized spacial score (nSPS) is 11.6. The van der Waals surface area contributed by atoms with Crippen LogP contribution in [0.15, 0.2) is 76.7 Å². The van der Waals surface area contributed by atoms with Crippen LogP contribution in [0.4, 0.5) is 5.69 Å². The SMILES string of the molecule is Cc1ccc(-c2c(S(=O)(=O)c3cc(Cl)ccc3Cl)nnn2-c2ccc(N)cc2)cc1. The summed E-state index contributed by atoms with van der Waals surface area (Å²) in [6.45, 7) is 1.95. The van der Waals surface area contributed by atoms with Crippen LogP contribution in [0, 0.1) is 6.92 Å². The molecule has 0 radical (unpaired) electrons. The fourth-order valence-electron chi connectivity index (χ4n) is 2.99. The highest BCUT2D eigenvalue weighted by Crippen LogP contribution is 2.35. The fourth-order valence-corrected chi connectivity index (χ4v) is 5.07. The van der Waals surface area contributed by atoms with E-state index in [0.717, 1.165) is 5.56 Å². The minimum absolute atomic E-state index is 0.0521. The van der Waals surface area contributed by atoms with E-state index < -0.39 is 9.84 Å². The first kappa shape index (κ1) is 20.4. The van der Waals surface area contributed by atoms with E-state index >= 15 is 0 Å². The molecule has 0 fully saturated rings. The molecule has 0 aliphatic rings. The topological polar surface area (TPSA) is 90.9 Å². The van der Waals surface area contributed by atoms with Gasteiger partial charge in [-0.15, -0.1) is 5.10 Å². The van der Waals surface area contributed by atoms with Gasteiger partial charge in [0.15, 0.2) is 0 Å². The van der Waals surface area contributed by atoms with Crippen molar-refractivity contribution in [3.63, 3.8) is 0 Å². The number of halogens is 2. The molecular formula is C21H16Cl2N4O2S. The number of hydrogen-bond donors (Lipinski definition) is 1. The molecule has 0 unspecified atom stereocenters. The summed E-state index contributed by atoms with van der Waals surface area (Å²) in [5.41, 5.74) is 8.97. The number of aromatic nitrogens is 3. The van der Waals surface area contributed by atoms with Gasteiger partial charge in [0.25, 0.3) is 0 Å². The van der Waals surface area contributed by atoms with Crippen molar-refractivity contribution in [3.05, 3.63) is 82.3 Å². The van der Waals surface area contributed by atoms with Crippen LogP contribution in [-0.2, 0) is 9.84 Å². The minimum Gasteiger partial charge on any atom is -0.399 e. The standard InChI is InChI=1S/C21H16Cl2N4O2S/c1-13-2-4-14(5-3-13)20-21(25-26-27(20)17-9-7-16(24)8-10-17)30(28,29)19-12-15(22)6-11-18(19)23/h2-12H,24H2,1H3. The second-order valence-electron chi connectivity index (χ2n) is 6.69. The van der Waals surface area contributed by atoms with Gasteiger partial charge >= 0.3 is 0 Å². The second kappa shape index (κ2) is 7.75. The highest BCUT2D eigenvalue weighted by molar-refractivity contribution is 7.91. The Morgan fingerprint density at radius 1 is 0.933 bits per heavy atom. The lowest BCUT2D eigenvalue weighted by atomic mass is 10.1. The molecule has 6 nitrogen and oxygen atoms in total. The Balaban J connectivity index is 2.00. The van der Waals surface area contributed by atoms with Crippen LogP contribution < -0.4 is 5.73 Å². The van der Waals surface area contributed by atoms with Gasteiger partial charge in [-0.1, -0.05) is 58.2 Å². The summed E-state index contributed by atoms with van der Waals surface area (Å²) >= 11 is 12.2. The third-order valence-corrected chi connectivity index (χ3v) is 6.92. The maximum absolute atomic E-state index is 13.5. The van der Waals surface area contributed by atoms with Crippen molar-refractivity contribution in [2.24, 2.45) is 0 Å². The Hall–Kier alpha value is -2.87. The summed E-state index contributed by atoms with van der Waals surface area (Å²) in [7, 11) is -4.11. The van der Waals surface area contributed by atoms with Gasteiger partial charge in [0.1, 0.15) is 5.69 Å². The number of nitrogens with zero attached hydrogens (tertiary/aromatic N) is 3. The van der Waals surface area contributed by atoms with E-state index in [1.165, 1.54) is 22.9 Å². The van der Waals surface area contributed by atoms with Gasteiger partial charge in [0.2, 0.25) is 14.9 Å². The second-order valence-corrected chi connectivity index (χ2v) is 9.37. The van der Waals surface area contributed by atoms with Crippen molar-refractivity contribution >= 4 is 38.7 Å². The zero-order valence-electron chi connectivity index (χ0n) is 15.8. The van der Waals surface area contributed by atoms with Crippen molar-refractivity contribution in [1.82, 2.24) is 15.0 Å². The third kappa shape index (κ3) is 3.67. The lowest BCUT2D eigenvalue weighted by molar-refractivity contribution is 0.592. The molecule has 2 N–H and O–H groups in total. The highest BCUT2D eigenvalue weighted by atomic mass is 35.5. The molecule has 4 aromatic rings. The molecule has 4 rings (SSSR count). The Kier molecular flexibility index (Phi) is 5.27. The molecule has 1 aromatic heterocycles. The van der Waals surface area contributed by atoms with E-state index in [0.29, 0.717) is 22.6 Å². The van der Waals surface area contributed by atoms with Gasteiger partial charge in [-0.2, -0.15) is 0 Å². The molecule has 9 heteroatoms. The van der Waals surface area contributed by atoms with E-state index in [9.17, 15) is 8.42 Å². The molecule has 0 aliphatic carbocycles. The molecule has 0 saturated heterocycles. The molecule has 0 saturated carbocycles. The molecule has 152 valence electrons. The van der Waals surface area contributed by atoms with Crippen LogP contribution in [0.1, 0.15) is 5.56 Å². The molecule has 0 bridgehead atoms. The van der Waals surface area contributed by atoms with Gasteiger partial charge in [-0.25, -0.2) is 13.1 Å². The molecule has 0 atom stereocenters. The van der Waals surface area contributed by atoms with Crippen LogP contribution >= 0.6 is 23.2 Å². The summed E-state index contributed by atoms with van der Waals surface area (Å²) in [6, 6.07) is 18.6. The number of nitrogen functional groups attached to an aromatic ring is 1. The first-order valence-corrected chi connectivity index (χ1v) is 11.1. The van der Waals surface area contributed by atoms with E-state index in [2.05, 4.69) is 10.3 Å². The van der Waals surface area contributed by atoms with E-state index in [-0.39, 0.29) is 20.0 Å². The lowest BCUT2D eigenvalue weighted by Gasteiger charge is -2.10. The highest BCUT2D eigenvalue weighted by Gasteiger charge is 2.31. The van der Waals surface area contributed by atoms with Crippen LogP contribution in [0.5, 0.6) is 0 Å². The summed E-state index contributed by atoms with van der Waals surface area (Å²) in [5.74, 6) is 0. The first-order chi connectivity index (χ1) is 14.3. The van der Waals surface area contributed by atoms with Crippen molar-refractivity contribution < 1.29 is 8.42 Å². The van der Waals surface area contributed by atoms with Gasteiger partial charge in [0, 0.05) is 16.3 Å². The van der Waals surface area contributed by atoms with Crippen LogP contribution in [0.3, 0.4) is 0 Å². The maximum atomic E-state index is 13.5. The molecule has 0 aliphatic heterocycles. The summed E-state index contributed by atoms with van der Waals surface area (Å²) < 4.78 is 28.4. The summed E-state index contributed by atoms with van der Waals surface area (Å²) in [5, 5.41) is 8.24. The Morgan fingerprint density at radius 2 is 1.60 bits per heavy atom. The Labute approximate surface area is 183 Å². The monoisotopic (exact) mass is 458 g/mol. The van der Waals surface area contributed by atoms with E-state index in [1.54, 1.807) is 24.3 Å². The van der Waals surface area contributed by atoms with Gasteiger partial charge in [-0.05, 0) is 49.4 Å². The van der Waals surface area contributed by atoms with Crippen LogP contribution in [0.25, 0.3) is 16.9 Å². The zero-order valence-corrected chi connectivity index (χ0v) is 18.1. The largest absolute Gasteiger partial charge is 0.399 e. The minimum atomic E-state index is -4.11. The predicted octanol–water partition coefficient (Wildman–Crippen LogP) is 4.96. The Bertz CT molecular complexity index is 1330. The average molecular weight is 459 g/mol. The zero-order chi connectivity index (χ0) is 21.5. The van der Waals surface area contributed by atoms with Crippen molar-refractivity contribution in [1.29, 1.82) is 0 Å². The number of rotatable bonds is 4. The molecule has 30 heavy (non-hydrogen) atoms. The van der Waals surface area contributed by atoms with Crippen molar-refractivity contribution in [2.45, 2.75) is 16.8 Å². The number of nitrogens with two attached hydrogens (primary N) is 1. The van der Waals surface area contributed by atoms with Crippen LogP contribution in [-0.4, -0.2) is 23.4 Å². The maximum Gasteiger partial charge on any atom is 0.229 e. The van der Waals surface area contributed by atoms with E-state index in [1.807, 2.05) is 31.2 Å². The van der Waals surface area contributed by atoms with Gasteiger partial charge < -0.3 is 5.73 Å². The van der Waals surface area contributed by atoms with E-state index in [4.69, 9.17) is 28.9 Å². The third-order valence-electron chi connectivity index (χ3n) is 4.54. The van der Waals surface area contributed by atoms with Gasteiger partial charge in [-0.3, -0.25) is 0 Å². The average Bonchev–Trinajstić information content (AvgIpc) is 3.17. The van der Waals surface area contributed by atoms with Crippen molar-refractivity contribution in [3.8, 4) is 16.9 Å². The van der Waals surface area contributed by atoms with Crippen LogP contribution in [0.2, 0.25) is 10.0 Å². The molecular weight excluding hydrogens is 443 g/mol. The predicted molar refractivity (Wildman–Crippen MR) is 118 cm³/mol. The molecule has 1 heterocycles. The quantitative estimate of drug-likeness (QED) is 0.436. The van der Waals surface area contributed by atoms with Gasteiger partial charge in [0.05, 0.1) is 15.6 Å². The Morgan fingerprint density at radius 3 is 2.27 bits per heavy atom. The first-order valence-electron chi connectivity index (χ1n) is 8.86. The molecule has 0 spiro atoms. The number of aryl methyl sites for hydroxylation is 1. The smallest absolute Gasteiger partial charge is 0.229 e. The number of hydrogen-bond acceptors (Lipinski definition) is 5. The number of benzene rings is 3. The lowest BCUT2D eigenvalue weighted by Crippen LogP contribution is -2.07. The molecule has 3 aromatic carbocycles. The summed E-state index contributed by atoms with van der Waals surface area (Å²) in [4.78, 5) is -0.130. The number of sulfone groups is 1. The fraction of sp³-hybridized carbons (Fsp3) is 0.0476. The van der Waals surface area contributed by atoms with Crippen molar-refractivity contribution in [2.75, 3.05) is 5.73 Å². The summed E-state index contributed by atoms with van der Waals surface area (Å²) in [6.07, 6.45) is 0. The number of anilines is 1. The molecule has 0 amide bonds.